The van der Waals surface area contributed by atoms with Gasteiger partial charge in [-0.1, -0.05) is 30.3 Å². The Morgan fingerprint density at radius 1 is 1.05 bits per heavy atom. The molecule has 1 aromatic carbocycles. The fourth-order valence-electron chi connectivity index (χ4n) is 1.57. The number of methoxy groups -OCH3 is 1. The number of ether oxygens (including phenoxy) is 1. The lowest BCUT2D eigenvalue weighted by molar-refractivity contribution is 0.338. The molecule has 4 nitrogen and oxygen atoms in total. The first-order valence-corrected chi connectivity index (χ1v) is 5.68. The maximum Gasteiger partial charge on any atom is 0.138 e. The van der Waals surface area contributed by atoms with Gasteiger partial charge in [0.1, 0.15) is 17.7 Å². The molecule has 0 radical (unpaired) electrons. The van der Waals surface area contributed by atoms with E-state index in [0.717, 1.165) is 0 Å². The molecule has 0 heterocycles. The summed E-state index contributed by atoms with van der Waals surface area (Å²) in [5.74, 6) is 0. The van der Waals surface area contributed by atoms with Crippen LogP contribution in [0.4, 0.5) is 0 Å². The normalized spacial score (nSPS) is 10.2. The van der Waals surface area contributed by atoms with Gasteiger partial charge in [-0.05, 0) is 17.7 Å². The topological polar surface area (TPSA) is 80.6 Å². The van der Waals surface area contributed by atoms with Crippen molar-refractivity contribution in [2.75, 3.05) is 7.11 Å². The standard InChI is InChI=1S/C16H11N3O/c1-20-9-5-8-14(10-17)16(15(11-18)12-19)13-6-3-2-4-7-13/h2-9H,1H3/b9-5+,14-8+. The van der Waals surface area contributed by atoms with Gasteiger partial charge in [-0.25, -0.2) is 0 Å². The SMILES string of the molecule is CO/C=C/C=C(\C#N)C(=C(C#N)C#N)c1ccccc1. The maximum absolute atomic E-state index is 9.25. The van der Waals surface area contributed by atoms with Crippen LogP contribution in [0.2, 0.25) is 0 Å². The number of hydrogen-bond acceptors (Lipinski definition) is 4. The fourth-order valence-corrected chi connectivity index (χ4v) is 1.57. The quantitative estimate of drug-likeness (QED) is 0.474. The van der Waals surface area contributed by atoms with E-state index in [4.69, 9.17) is 15.3 Å². The van der Waals surface area contributed by atoms with Gasteiger partial charge in [0.15, 0.2) is 0 Å². The van der Waals surface area contributed by atoms with E-state index in [-0.39, 0.29) is 11.1 Å². The zero-order valence-electron chi connectivity index (χ0n) is 10.9. The zero-order valence-corrected chi connectivity index (χ0v) is 10.9. The minimum atomic E-state index is -0.102. The summed E-state index contributed by atoms with van der Waals surface area (Å²) in [6.07, 6.45) is 4.44. The molecule has 96 valence electrons. The van der Waals surface area contributed by atoms with Gasteiger partial charge < -0.3 is 4.74 Å². The predicted molar refractivity (Wildman–Crippen MR) is 74.4 cm³/mol. The molecule has 20 heavy (non-hydrogen) atoms. The van der Waals surface area contributed by atoms with E-state index in [2.05, 4.69) is 0 Å². The van der Waals surface area contributed by atoms with Crippen molar-refractivity contribution in [3.63, 3.8) is 0 Å². The van der Waals surface area contributed by atoms with Gasteiger partial charge in [-0.15, -0.1) is 0 Å². The lowest BCUT2D eigenvalue weighted by Crippen LogP contribution is -1.92. The first-order chi connectivity index (χ1) is 9.78. The van der Waals surface area contributed by atoms with E-state index in [0.29, 0.717) is 11.1 Å². The molecule has 0 aromatic heterocycles. The van der Waals surface area contributed by atoms with Gasteiger partial charge in [0.05, 0.1) is 25.0 Å². The lowest BCUT2D eigenvalue weighted by atomic mass is 9.94. The van der Waals surface area contributed by atoms with Crippen molar-refractivity contribution in [2.45, 2.75) is 0 Å². The van der Waals surface area contributed by atoms with Gasteiger partial charge in [-0.3, -0.25) is 0 Å². The highest BCUT2D eigenvalue weighted by Crippen LogP contribution is 2.26. The molecular weight excluding hydrogens is 250 g/mol. The fraction of sp³-hybridized carbons (Fsp3) is 0.0625. The van der Waals surface area contributed by atoms with E-state index >= 15 is 0 Å². The number of allylic oxidation sites excluding steroid dienone is 5. The van der Waals surface area contributed by atoms with Crippen LogP contribution in [-0.4, -0.2) is 7.11 Å². The Hall–Kier alpha value is -3.29. The number of benzene rings is 1. The van der Waals surface area contributed by atoms with Gasteiger partial charge in [0.2, 0.25) is 0 Å². The second-order valence-electron chi connectivity index (χ2n) is 3.60. The van der Waals surface area contributed by atoms with E-state index in [1.165, 1.54) is 25.5 Å². The van der Waals surface area contributed by atoms with E-state index < -0.39 is 0 Å². The number of rotatable bonds is 4. The molecular formula is C16H11N3O. The smallest absolute Gasteiger partial charge is 0.138 e. The first-order valence-electron chi connectivity index (χ1n) is 5.68. The van der Waals surface area contributed by atoms with Crippen molar-refractivity contribution in [1.82, 2.24) is 0 Å². The summed E-state index contributed by atoms with van der Waals surface area (Å²) in [5, 5.41) is 27.4. The summed E-state index contributed by atoms with van der Waals surface area (Å²) < 4.78 is 4.75. The third-order valence-corrected chi connectivity index (χ3v) is 2.40. The Morgan fingerprint density at radius 3 is 2.20 bits per heavy atom. The highest BCUT2D eigenvalue weighted by molar-refractivity contribution is 5.89. The van der Waals surface area contributed by atoms with Crippen LogP contribution in [0.25, 0.3) is 5.57 Å². The van der Waals surface area contributed by atoms with Crippen LogP contribution >= 0.6 is 0 Å². The summed E-state index contributed by atoms with van der Waals surface area (Å²) in [4.78, 5) is 0. The molecule has 0 bridgehead atoms. The van der Waals surface area contributed by atoms with Crippen molar-refractivity contribution in [3.8, 4) is 18.2 Å². The van der Waals surface area contributed by atoms with Crippen LogP contribution in [0.5, 0.6) is 0 Å². The highest BCUT2D eigenvalue weighted by atomic mass is 16.5. The molecule has 1 aromatic rings. The van der Waals surface area contributed by atoms with Crippen LogP contribution in [0.15, 0.2) is 59.9 Å². The number of hydrogen-bond donors (Lipinski definition) is 0. The summed E-state index contributed by atoms with van der Waals surface area (Å²) in [7, 11) is 1.49. The zero-order chi connectivity index (χ0) is 14.8. The molecule has 0 fully saturated rings. The van der Waals surface area contributed by atoms with Gasteiger partial charge in [-0.2, -0.15) is 15.8 Å². The molecule has 0 aliphatic rings. The highest BCUT2D eigenvalue weighted by Gasteiger charge is 2.13. The summed E-state index contributed by atoms with van der Waals surface area (Å²) in [5.41, 5.74) is 1.08. The van der Waals surface area contributed by atoms with E-state index in [9.17, 15) is 5.26 Å². The van der Waals surface area contributed by atoms with Crippen LogP contribution in [0, 0.1) is 34.0 Å². The van der Waals surface area contributed by atoms with Gasteiger partial charge in [0.25, 0.3) is 0 Å². The largest absolute Gasteiger partial charge is 0.504 e. The molecule has 4 heteroatoms. The van der Waals surface area contributed by atoms with Crippen LogP contribution in [0.1, 0.15) is 5.56 Å². The minimum absolute atomic E-state index is 0.102. The molecule has 1 rings (SSSR count). The van der Waals surface area contributed by atoms with Crippen LogP contribution in [0.3, 0.4) is 0 Å². The molecule has 0 amide bonds. The molecule has 0 atom stereocenters. The van der Waals surface area contributed by atoms with Crippen molar-refractivity contribution >= 4 is 5.57 Å². The Bertz CT molecular complexity index is 661. The Morgan fingerprint density at radius 2 is 1.70 bits per heavy atom. The average Bonchev–Trinajstić information content (AvgIpc) is 2.51. The summed E-state index contributed by atoms with van der Waals surface area (Å²) in [6.45, 7) is 0. The Kier molecular flexibility index (Phi) is 5.85. The van der Waals surface area contributed by atoms with E-state index in [1.54, 1.807) is 24.3 Å². The van der Waals surface area contributed by atoms with Gasteiger partial charge in [0, 0.05) is 5.57 Å². The first kappa shape index (κ1) is 14.8. The molecule has 0 unspecified atom stereocenters. The second-order valence-corrected chi connectivity index (χ2v) is 3.60. The number of nitrogens with zero attached hydrogens (tertiary/aromatic N) is 3. The second kappa shape index (κ2) is 7.93. The molecule has 0 aliphatic heterocycles. The third-order valence-electron chi connectivity index (χ3n) is 2.40. The Labute approximate surface area is 117 Å². The van der Waals surface area contributed by atoms with Crippen LogP contribution in [-0.2, 0) is 4.74 Å². The van der Waals surface area contributed by atoms with Crippen molar-refractivity contribution in [2.24, 2.45) is 0 Å². The monoisotopic (exact) mass is 261 g/mol. The van der Waals surface area contributed by atoms with Crippen LogP contribution < -0.4 is 0 Å². The molecule has 0 saturated carbocycles. The Balaban J connectivity index is 3.50. The summed E-state index contributed by atoms with van der Waals surface area (Å²) >= 11 is 0. The minimum Gasteiger partial charge on any atom is -0.504 e. The number of nitriles is 3. The summed E-state index contributed by atoms with van der Waals surface area (Å²) in [6, 6.07) is 14.5. The van der Waals surface area contributed by atoms with Gasteiger partial charge >= 0.3 is 0 Å². The average molecular weight is 261 g/mol. The van der Waals surface area contributed by atoms with Crippen molar-refractivity contribution < 1.29 is 4.74 Å². The maximum atomic E-state index is 9.25. The lowest BCUT2D eigenvalue weighted by Gasteiger charge is -2.06. The predicted octanol–water partition coefficient (Wildman–Crippen LogP) is 3.10. The molecule has 0 N–H and O–H groups in total. The van der Waals surface area contributed by atoms with Crippen molar-refractivity contribution in [1.29, 1.82) is 15.8 Å². The third kappa shape index (κ3) is 3.60. The molecule has 0 saturated heterocycles. The molecule has 0 spiro atoms. The molecule has 0 aliphatic carbocycles. The van der Waals surface area contributed by atoms with E-state index in [1.807, 2.05) is 24.3 Å². The van der Waals surface area contributed by atoms with Crippen molar-refractivity contribution in [3.05, 3.63) is 65.5 Å².